The van der Waals surface area contributed by atoms with Crippen molar-refractivity contribution in [1.82, 2.24) is 0 Å². The highest BCUT2D eigenvalue weighted by molar-refractivity contribution is 7.19. The fourth-order valence-electron chi connectivity index (χ4n) is 4.83. The van der Waals surface area contributed by atoms with Crippen molar-refractivity contribution >= 4 is 38.4 Å². The van der Waals surface area contributed by atoms with Crippen LogP contribution in [0, 0.1) is 27.2 Å². The van der Waals surface area contributed by atoms with Crippen LogP contribution in [0.2, 0.25) is 0 Å². The Hall–Kier alpha value is -3.08. The summed E-state index contributed by atoms with van der Waals surface area (Å²) in [5.74, 6) is 0. The number of anilines is 1. The summed E-state index contributed by atoms with van der Waals surface area (Å²) in [5.41, 5.74) is 1.86. The van der Waals surface area contributed by atoms with Crippen molar-refractivity contribution in [3.8, 4) is 0 Å². The van der Waals surface area contributed by atoms with E-state index >= 15 is 0 Å². The Kier molecular flexibility index (Phi) is 18.4. The van der Waals surface area contributed by atoms with Crippen LogP contribution in [0.4, 0.5) is 27.1 Å². The first-order valence-electron chi connectivity index (χ1n) is 16.1. The molecule has 0 radical (unpaired) electrons. The first-order chi connectivity index (χ1) is 22.2. The van der Waals surface area contributed by atoms with Gasteiger partial charge >= 0.3 is 10.7 Å². The Morgan fingerprint density at radius 1 is 0.804 bits per heavy atom. The lowest BCUT2D eigenvalue weighted by Gasteiger charge is -2.36. The Morgan fingerprint density at radius 3 is 1.93 bits per heavy atom. The number of ether oxygens (including phenoxy) is 4. The number of benzene rings is 1. The summed E-state index contributed by atoms with van der Waals surface area (Å²) in [6.07, 6.45) is 2.48. The third kappa shape index (κ3) is 13.3. The molecular weight excluding hydrogens is 616 g/mol. The van der Waals surface area contributed by atoms with Crippen LogP contribution in [-0.2, 0) is 18.9 Å². The van der Waals surface area contributed by atoms with Crippen molar-refractivity contribution in [2.45, 2.75) is 47.5 Å². The fourth-order valence-corrected chi connectivity index (χ4v) is 5.59. The molecule has 0 unspecified atom stereocenters. The van der Waals surface area contributed by atoms with E-state index in [9.17, 15) is 20.2 Å². The van der Waals surface area contributed by atoms with E-state index in [1.807, 2.05) is 19.1 Å². The number of hydrogen-bond acceptors (Lipinski definition) is 12. The normalized spacial score (nSPS) is 11.8. The molecule has 0 spiro atoms. The molecule has 46 heavy (non-hydrogen) atoms. The van der Waals surface area contributed by atoms with Crippen molar-refractivity contribution in [3.05, 3.63) is 50.1 Å². The van der Waals surface area contributed by atoms with Gasteiger partial charge in [0.05, 0.1) is 88.0 Å². The predicted octanol–water partition coefficient (Wildman–Crippen LogP) is 6.84. The largest absolute Gasteiger partial charge is 0.377 e. The van der Waals surface area contributed by atoms with Crippen molar-refractivity contribution in [2.24, 2.45) is 10.2 Å². The Labute approximate surface area is 276 Å². The molecule has 0 aliphatic heterocycles. The minimum atomic E-state index is -0.702. The summed E-state index contributed by atoms with van der Waals surface area (Å²) in [4.78, 5) is 23.0. The quantitative estimate of drug-likeness (QED) is 0.0345. The molecule has 2 rings (SSSR count). The van der Waals surface area contributed by atoms with E-state index in [1.165, 1.54) is 19.4 Å². The van der Waals surface area contributed by atoms with Gasteiger partial charge in [0.1, 0.15) is 12.6 Å². The monoisotopic (exact) mass is 667 g/mol. The van der Waals surface area contributed by atoms with Crippen molar-refractivity contribution < 1.29 is 33.3 Å². The number of nitro groups is 2. The second kappa shape index (κ2) is 21.7. The Bertz CT molecular complexity index is 1220. The second-order valence-electron chi connectivity index (χ2n) is 10.8. The predicted molar refractivity (Wildman–Crippen MR) is 180 cm³/mol. The number of hydrogen-bond donors (Lipinski definition) is 0. The fraction of sp³-hybridized carbons (Fsp3) is 0.677. The molecule has 0 fully saturated rings. The average molecular weight is 668 g/mol. The number of rotatable bonds is 26. The first-order valence-corrected chi connectivity index (χ1v) is 16.9. The molecule has 0 amide bonds. The summed E-state index contributed by atoms with van der Waals surface area (Å²) >= 11 is 0.615. The van der Waals surface area contributed by atoms with Crippen LogP contribution >= 0.6 is 11.3 Å². The second-order valence-corrected chi connectivity index (χ2v) is 11.8. The summed E-state index contributed by atoms with van der Waals surface area (Å²) < 4.78 is 23.9. The highest BCUT2D eigenvalue weighted by Gasteiger charge is 2.25. The molecule has 1 aromatic heterocycles. The van der Waals surface area contributed by atoms with Crippen molar-refractivity contribution in [2.75, 3.05) is 97.0 Å². The molecule has 0 atom stereocenters. The number of aryl methyl sites for hydroxylation is 1. The van der Waals surface area contributed by atoms with Gasteiger partial charge < -0.3 is 28.3 Å². The molecular formula is C31H51N6O8S+. The third-order valence-corrected chi connectivity index (χ3v) is 8.85. The molecule has 15 heteroatoms. The molecule has 2 aromatic rings. The number of azo groups is 1. The van der Waals surface area contributed by atoms with Gasteiger partial charge in [-0.25, -0.2) is 0 Å². The number of quaternary nitrogens is 1. The summed E-state index contributed by atoms with van der Waals surface area (Å²) in [5, 5.41) is 29.8. The minimum absolute atomic E-state index is 0.119. The highest BCUT2D eigenvalue weighted by atomic mass is 32.1. The lowest BCUT2D eigenvalue weighted by Crippen LogP contribution is -2.50. The maximum atomic E-state index is 11.2. The lowest BCUT2D eigenvalue weighted by molar-refractivity contribution is -0.925. The zero-order valence-corrected chi connectivity index (χ0v) is 28.8. The molecule has 0 aliphatic carbocycles. The van der Waals surface area contributed by atoms with E-state index in [1.54, 1.807) is 6.07 Å². The molecule has 1 heterocycles. The van der Waals surface area contributed by atoms with E-state index in [2.05, 4.69) is 42.8 Å². The first kappa shape index (κ1) is 39.1. The SMILES string of the molecule is CCCC[N+](CC)(CC)CCOCCOCCOCCOCCN(CC)c1ccc(/N=N/c2sc([N+](=O)[O-])cc2[N+](=O)[O-])c(C)c1. The Morgan fingerprint density at radius 2 is 1.41 bits per heavy atom. The molecule has 258 valence electrons. The summed E-state index contributed by atoms with van der Waals surface area (Å²) in [6.45, 7) is 21.1. The maximum Gasteiger partial charge on any atom is 0.333 e. The van der Waals surface area contributed by atoms with Gasteiger partial charge in [0, 0.05) is 18.8 Å². The van der Waals surface area contributed by atoms with E-state index in [4.69, 9.17) is 18.9 Å². The zero-order valence-electron chi connectivity index (χ0n) is 28.0. The van der Waals surface area contributed by atoms with Gasteiger partial charge in [-0.1, -0.05) is 13.3 Å². The van der Waals surface area contributed by atoms with E-state index in [0.29, 0.717) is 69.8 Å². The van der Waals surface area contributed by atoms with Gasteiger partial charge in [-0.05, 0) is 69.2 Å². The van der Waals surface area contributed by atoms with Gasteiger partial charge in [-0.2, -0.15) is 0 Å². The van der Waals surface area contributed by atoms with Crippen LogP contribution in [0.3, 0.4) is 0 Å². The molecule has 0 bridgehead atoms. The van der Waals surface area contributed by atoms with Crippen LogP contribution in [0.25, 0.3) is 0 Å². The zero-order chi connectivity index (χ0) is 33.8. The van der Waals surface area contributed by atoms with Crippen LogP contribution in [0.5, 0.6) is 0 Å². The average Bonchev–Trinajstić information content (AvgIpc) is 3.49. The van der Waals surface area contributed by atoms with Gasteiger partial charge in [0.25, 0.3) is 0 Å². The van der Waals surface area contributed by atoms with Crippen LogP contribution in [0.15, 0.2) is 34.5 Å². The van der Waals surface area contributed by atoms with Crippen molar-refractivity contribution in [1.29, 1.82) is 0 Å². The Balaban J connectivity index is 1.62. The number of thiophene rings is 1. The summed E-state index contributed by atoms with van der Waals surface area (Å²) in [6, 6.07) is 6.51. The molecule has 1 aromatic carbocycles. The summed E-state index contributed by atoms with van der Waals surface area (Å²) in [7, 11) is 0. The van der Waals surface area contributed by atoms with E-state index in [-0.39, 0.29) is 10.0 Å². The van der Waals surface area contributed by atoms with Crippen LogP contribution in [-0.4, -0.2) is 106 Å². The molecule has 0 saturated heterocycles. The number of unbranched alkanes of at least 4 members (excludes halogenated alkanes) is 1. The minimum Gasteiger partial charge on any atom is -0.377 e. The van der Waals surface area contributed by atoms with Gasteiger partial charge in [0.2, 0.25) is 5.00 Å². The standard InChI is InChI=1S/C31H51N6O8S/c1-6-10-14-37(8-3,9-4)15-17-43-19-21-45-23-22-44-20-18-42-16-13-34(7-2)27-11-12-28(26(5)24-27)32-33-31-29(35(38)39)25-30(46-31)36(40)41/h11-12,24-25H,6-10,13-23H2,1-5H3/q+1/b33-32+. The molecule has 14 nitrogen and oxygen atoms in total. The van der Waals surface area contributed by atoms with E-state index < -0.39 is 15.5 Å². The van der Waals surface area contributed by atoms with Crippen LogP contribution in [0.1, 0.15) is 46.1 Å². The molecule has 0 aliphatic rings. The maximum absolute atomic E-state index is 11.2. The molecule has 0 saturated carbocycles. The number of nitrogens with zero attached hydrogens (tertiary/aromatic N) is 6. The smallest absolute Gasteiger partial charge is 0.333 e. The topological polar surface area (TPSA) is 151 Å². The molecule has 0 N–H and O–H groups in total. The van der Waals surface area contributed by atoms with Crippen LogP contribution < -0.4 is 4.90 Å². The van der Waals surface area contributed by atoms with E-state index in [0.717, 1.165) is 54.6 Å². The van der Waals surface area contributed by atoms with Crippen molar-refractivity contribution in [3.63, 3.8) is 0 Å². The lowest BCUT2D eigenvalue weighted by atomic mass is 10.1. The number of likely N-dealkylation sites (N-methyl/N-ethyl adjacent to an activating group) is 2. The third-order valence-electron chi connectivity index (χ3n) is 7.89. The van der Waals surface area contributed by atoms with Gasteiger partial charge in [0.15, 0.2) is 0 Å². The van der Waals surface area contributed by atoms with Gasteiger partial charge in [-0.15, -0.1) is 10.2 Å². The highest BCUT2D eigenvalue weighted by Crippen LogP contribution is 2.42. The van der Waals surface area contributed by atoms with Gasteiger partial charge in [-0.3, -0.25) is 20.2 Å².